The molecule has 4 nitrogen and oxygen atoms in total. The first-order valence-corrected chi connectivity index (χ1v) is 8.88. The van der Waals surface area contributed by atoms with Crippen molar-refractivity contribution in [2.45, 2.75) is 56.8 Å². The van der Waals surface area contributed by atoms with Gasteiger partial charge in [0.15, 0.2) is 0 Å². The van der Waals surface area contributed by atoms with Crippen molar-refractivity contribution in [3.63, 3.8) is 0 Å². The van der Waals surface area contributed by atoms with Crippen molar-refractivity contribution in [2.75, 3.05) is 22.9 Å². The standard InChI is InChI=1S/C21H28N4/c1-19(2)9-21(13-7-17(24)15(22)5-11(13)19)10-20(3,4)12-6-16(23)18(25)8-14(12)21/h5-8H,9-10,22-25H2,1-4H3. The Bertz CT molecular complexity index is 833. The lowest BCUT2D eigenvalue weighted by Crippen LogP contribution is -2.27. The average Bonchev–Trinajstić information content (AvgIpc) is 2.82. The topological polar surface area (TPSA) is 104 Å². The van der Waals surface area contributed by atoms with Crippen molar-refractivity contribution in [1.29, 1.82) is 0 Å². The van der Waals surface area contributed by atoms with Crippen molar-refractivity contribution >= 4 is 22.7 Å². The minimum Gasteiger partial charge on any atom is -0.397 e. The molecule has 0 saturated carbocycles. The van der Waals surface area contributed by atoms with Gasteiger partial charge in [-0.3, -0.25) is 0 Å². The van der Waals surface area contributed by atoms with Crippen LogP contribution in [0.4, 0.5) is 22.7 Å². The van der Waals surface area contributed by atoms with Crippen LogP contribution >= 0.6 is 0 Å². The summed E-state index contributed by atoms with van der Waals surface area (Å²) in [6, 6.07) is 8.34. The summed E-state index contributed by atoms with van der Waals surface area (Å²) < 4.78 is 0. The monoisotopic (exact) mass is 336 g/mol. The first-order valence-electron chi connectivity index (χ1n) is 8.88. The highest BCUT2D eigenvalue weighted by molar-refractivity contribution is 5.75. The minimum atomic E-state index is -0.0820. The third-order valence-corrected chi connectivity index (χ3v) is 6.42. The molecule has 1 spiro atoms. The number of hydrogen-bond donors (Lipinski definition) is 4. The molecule has 2 aromatic rings. The smallest absolute Gasteiger partial charge is 0.0551 e. The SMILES string of the molecule is CC1(C)CC2(CC(C)(C)c3cc(N)c(N)cc32)c2cc(N)c(N)cc21. The van der Waals surface area contributed by atoms with Crippen LogP contribution in [0.15, 0.2) is 24.3 Å². The zero-order valence-corrected chi connectivity index (χ0v) is 15.5. The van der Waals surface area contributed by atoms with E-state index in [0.717, 1.165) is 12.8 Å². The normalized spacial score (nSPS) is 21.3. The van der Waals surface area contributed by atoms with Gasteiger partial charge in [-0.2, -0.15) is 0 Å². The summed E-state index contributed by atoms with van der Waals surface area (Å²) in [6.07, 6.45) is 2.05. The van der Waals surface area contributed by atoms with E-state index in [1.54, 1.807) is 0 Å². The highest BCUT2D eigenvalue weighted by Crippen LogP contribution is 2.63. The van der Waals surface area contributed by atoms with Crippen LogP contribution in [0.1, 0.15) is 62.8 Å². The van der Waals surface area contributed by atoms with Gasteiger partial charge in [-0.1, -0.05) is 27.7 Å². The second-order valence-corrected chi connectivity index (χ2v) is 9.26. The van der Waals surface area contributed by atoms with E-state index in [4.69, 9.17) is 22.9 Å². The average molecular weight is 336 g/mol. The molecular formula is C21H28N4. The second kappa shape index (κ2) is 4.43. The van der Waals surface area contributed by atoms with Gasteiger partial charge in [0.2, 0.25) is 0 Å². The van der Waals surface area contributed by atoms with Gasteiger partial charge in [0.1, 0.15) is 0 Å². The number of hydrogen-bond acceptors (Lipinski definition) is 4. The highest BCUT2D eigenvalue weighted by atomic mass is 14.7. The third kappa shape index (κ3) is 1.94. The molecule has 0 radical (unpaired) electrons. The van der Waals surface area contributed by atoms with Gasteiger partial charge in [0.25, 0.3) is 0 Å². The maximum atomic E-state index is 6.20. The number of anilines is 4. The molecule has 0 fully saturated rings. The molecule has 2 aliphatic carbocycles. The molecule has 2 aromatic carbocycles. The fraction of sp³-hybridized carbons (Fsp3) is 0.429. The fourth-order valence-corrected chi connectivity index (χ4v) is 5.47. The Balaban J connectivity index is 2.07. The maximum Gasteiger partial charge on any atom is 0.0551 e. The summed E-state index contributed by atoms with van der Waals surface area (Å²) in [5.74, 6) is 0. The molecule has 0 saturated heterocycles. The van der Waals surface area contributed by atoms with Crippen LogP contribution in [-0.2, 0) is 16.2 Å². The molecule has 0 unspecified atom stereocenters. The van der Waals surface area contributed by atoms with Crippen LogP contribution in [0.25, 0.3) is 0 Å². The van der Waals surface area contributed by atoms with Crippen molar-refractivity contribution < 1.29 is 0 Å². The lowest BCUT2D eigenvalue weighted by Gasteiger charge is -2.30. The van der Waals surface area contributed by atoms with Crippen LogP contribution in [0.2, 0.25) is 0 Å². The molecule has 2 aliphatic rings. The molecule has 25 heavy (non-hydrogen) atoms. The number of nitrogens with two attached hydrogens (primary N) is 4. The van der Waals surface area contributed by atoms with Gasteiger partial charge in [0.05, 0.1) is 22.7 Å². The van der Waals surface area contributed by atoms with Crippen LogP contribution in [0.5, 0.6) is 0 Å². The molecule has 0 heterocycles. The third-order valence-electron chi connectivity index (χ3n) is 6.42. The Hall–Kier alpha value is -2.36. The molecule has 8 N–H and O–H groups in total. The van der Waals surface area contributed by atoms with E-state index < -0.39 is 0 Å². The predicted octanol–water partition coefficient (Wildman–Crippen LogP) is 3.66. The zero-order valence-electron chi connectivity index (χ0n) is 15.5. The van der Waals surface area contributed by atoms with Crippen LogP contribution in [-0.4, -0.2) is 0 Å². The van der Waals surface area contributed by atoms with E-state index in [0.29, 0.717) is 22.7 Å². The molecule has 0 amide bonds. The molecule has 4 heteroatoms. The van der Waals surface area contributed by atoms with Crippen molar-refractivity contribution in [3.05, 3.63) is 46.5 Å². The van der Waals surface area contributed by atoms with Gasteiger partial charge >= 0.3 is 0 Å². The summed E-state index contributed by atoms with van der Waals surface area (Å²) in [7, 11) is 0. The zero-order chi connectivity index (χ0) is 18.4. The largest absolute Gasteiger partial charge is 0.397 e. The lowest BCUT2D eigenvalue weighted by atomic mass is 9.72. The van der Waals surface area contributed by atoms with Crippen molar-refractivity contribution in [3.8, 4) is 0 Å². The Morgan fingerprint density at radius 3 is 1.16 bits per heavy atom. The van der Waals surface area contributed by atoms with Gasteiger partial charge in [-0.25, -0.2) is 0 Å². The fourth-order valence-electron chi connectivity index (χ4n) is 5.47. The van der Waals surface area contributed by atoms with Crippen LogP contribution < -0.4 is 22.9 Å². The highest BCUT2D eigenvalue weighted by Gasteiger charge is 2.56. The van der Waals surface area contributed by atoms with E-state index in [-0.39, 0.29) is 16.2 Å². The number of nitrogen functional groups attached to an aromatic ring is 4. The molecule has 4 rings (SSSR count). The summed E-state index contributed by atoms with van der Waals surface area (Å²) in [5.41, 5.74) is 32.5. The lowest BCUT2D eigenvalue weighted by molar-refractivity contribution is 0.350. The molecular weight excluding hydrogens is 308 g/mol. The van der Waals surface area contributed by atoms with E-state index >= 15 is 0 Å². The summed E-state index contributed by atoms with van der Waals surface area (Å²) in [6.45, 7) is 9.17. The second-order valence-electron chi connectivity index (χ2n) is 9.26. The first kappa shape index (κ1) is 16.1. The van der Waals surface area contributed by atoms with Gasteiger partial charge in [-0.05, 0) is 70.2 Å². The molecule has 132 valence electrons. The van der Waals surface area contributed by atoms with Crippen LogP contribution in [0, 0.1) is 0 Å². The van der Waals surface area contributed by atoms with E-state index in [1.807, 2.05) is 0 Å². The van der Waals surface area contributed by atoms with Crippen molar-refractivity contribution in [2.24, 2.45) is 0 Å². The summed E-state index contributed by atoms with van der Waals surface area (Å²) in [5, 5.41) is 0. The minimum absolute atomic E-state index is 0.0327. The summed E-state index contributed by atoms with van der Waals surface area (Å²) >= 11 is 0. The number of fused-ring (bicyclic) bond motifs is 4. The molecule has 0 aromatic heterocycles. The van der Waals surface area contributed by atoms with Gasteiger partial charge in [-0.15, -0.1) is 0 Å². The molecule has 0 atom stereocenters. The molecule has 0 bridgehead atoms. The Morgan fingerprint density at radius 1 is 0.560 bits per heavy atom. The Morgan fingerprint density at radius 2 is 0.840 bits per heavy atom. The Labute approximate surface area is 149 Å². The number of rotatable bonds is 0. The van der Waals surface area contributed by atoms with Crippen LogP contribution in [0.3, 0.4) is 0 Å². The van der Waals surface area contributed by atoms with Crippen molar-refractivity contribution in [1.82, 2.24) is 0 Å². The quantitative estimate of drug-likeness (QED) is 0.551. The maximum absolute atomic E-state index is 6.20. The Kier molecular flexibility index (Phi) is 2.85. The number of benzene rings is 2. The summed E-state index contributed by atoms with van der Waals surface area (Å²) in [4.78, 5) is 0. The van der Waals surface area contributed by atoms with Gasteiger partial charge in [0, 0.05) is 5.41 Å². The van der Waals surface area contributed by atoms with E-state index in [2.05, 4.69) is 52.0 Å². The van der Waals surface area contributed by atoms with E-state index in [9.17, 15) is 0 Å². The van der Waals surface area contributed by atoms with E-state index in [1.165, 1.54) is 22.3 Å². The first-order chi connectivity index (χ1) is 11.5. The molecule has 0 aliphatic heterocycles. The van der Waals surface area contributed by atoms with Gasteiger partial charge < -0.3 is 22.9 Å². The predicted molar refractivity (Wildman–Crippen MR) is 107 cm³/mol.